The van der Waals surface area contributed by atoms with Crippen LogP contribution in [0.15, 0.2) is 29.3 Å². The van der Waals surface area contributed by atoms with Crippen LogP contribution in [0.1, 0.15) is 25.6 Å². The van der Waals surface area contributed by atoms with Crippen LogP contribution in [0.4, 0.5) is 0 Å². The van der Waals surface area contributed by atoms with Gasteiger partial charge in [0.1, 0.15) is 12.4 Å². The molecule has 0 aliphatic carbocycles. The first-order chi connectivity index (χ1) is 12.6. The summed E-state index contributed by atoms with van der Waals surface area (Å²) < 4.78 is 6.96. The fourth-order valence-electron chi connectivity index (χ4n) is 3.40. The highest BCUT2D eigenvalue weighted by Crippen LogP contribution is 2.19. The Kier molecular flexibility index (Phi) is 5.75. The lowest BCUT2D eigenvalue weighted by Crippen LogP contribution is -2.46. The van der Waals surface area contributed by atoms with Gasteiger partial charge in [-0.25, -0.2) is 9.98 Å². The van der Waals surface area contributed by atoms with Crippen molar-refractivity contribution in [1.29, 1.82) is 0 Å². The molecule has 1 aromatic heterocycles. The molecule has 1 aliphatic rings. The molecule has 0 spiro atoms. The van der Waals surface area contributed by atoms with Crippen molar-refractivity contribution in [2.24, 2.45) is 18.0 Å². The van der Waals surface area contributed by atoms with Crippen molar-refractivity contribution in [2.75, 3.05) is 26.7 Å². The van der Waals surface area contributed by atoms with Crippen LogP contribution in [0, 0.1) is 5.92 Å². The van der Waals surface area contributed by atoms with E-state index in [4.69, 9.17) is 9.73 Å². The number of piperidine rings is 1. The number of guanidine groups is 1. The van der Waals surface area contributed by atoms with E-state index in [9.17, 15) is 4.79 Å². The number of fused-ring (bicyclic) bond motifs is 1. The molecule has 7 heteroatoms. The second kappa shape index (κ2) is 8.21. The molecule has 1 fully saturated rings. The summed E-state index contributed by atoms with van der Waals surface area (Å²) in [5, 5.41) is 3.36. The number of para-hydroxylation sites is 2. The third-order valence-electron chi connectivity index (χ3n) is 4.91. The fourth-order valence-corrected chi connectivity index (χ4v) is 3.40. The lowest BCUT2D eigenvalue weighted by atomic mass is 9.97. The van der Waals surface area contributed by atoms with Crippen LogP contribution >= 0.6 is 0 Å². The molecule has 3 rings (SSSR count). The number of imidazole rings is 1. The molecule has 0 unspecified atom stereocenters. The number of hydrogen-bond donors (Lipinski definition) is 1. The van der Waals surface area contributed by atoms with Gasteiger partial charge in [0.2, 0.25) is 0 Å². The number of nitrogens with zero attached hydrogens (tertiary/aromatic N) is 4. The van der Waals surface area contributed by atoms with Crippen LogP contribution in [0.3, 0.4) is 0 Å². The molecule has 1 saturated heterocycles. The number of methoxy groups -OCH3 is 1. The first-order valence-corrected chi connectivity index (χ1v) is 9.15. The zero-order chi connectivity index (χ0) is 18.5. The van der Waals surface area contributed by atoms with Crippen LogP contribution in [0.5, 0.6) is 0 Å². The number of likely N-dealkylation sites (tertiary alicyclic amines) is 1. The molecule has 0 amide bonds. The topological polar surface area (TPSA) is 71.8 Å². The quantitative estimate of drug-likeness (QED) is 0.514. The number of carbonyl (C=O) groups is 1. The van der Waals surface area contributed by atoms with Gasteiger partial charge in [0.05, 0.1) is 24.1 Å². The molecular weight excluding hydrogens is 330 g/mol. The average molecular weight is 357 g/mol. The van der Waals surface area contributed by atoms with Gasteiger partial charge in [-0.2, -0.15) is 0 Å². The van der Waals surface area contributed by atoms with E-state index in [1.807, 2.05) is 25.2 Å². The predicted octanol–water partition coefficient (Wildman–Crippen LogP) is 1.92. The summed E-state index contributed by atoms with van der Waals surface area (Å²) in [6.07, 6.45) is 1.59. The summed E-state index contributed by atoms with van der Waals surface area (Å²) in [4.78, 5) is 23.4. The van der Waals surface area contributed by atoms with E-state index in [1.165, 1.54) is 7.11 Å². The number of aryl methyl sites for hydroxylation is 1. The molecule has 2 aromatic rings. The summed E-state index contributed by atoms with van der Waals surface area (Å²) >= 11 is 0. The van der Waals surface area contributed by atoms with Crippen molar-refractivity contribution in [3.05, 3.63) is 30.1 Å². The van der Waals surface area contributed by atoms with Gasteiger partial charge in [-0.15, -0.1) is 0 Å². The highest BCUT2D eigenvalue weighted by atomic mass is 16.5. The molecule has 2 heterocycles. The number of hydrogen-bond acceptors (Lipinski definition) is 4. The lowest BCUT2D eigenvalue weighted by molar-refractivity contribution is -0.146. The summed E-state index contributed by atoms with van der Waals surface area (Å²) in [5.41, 5.74) is 2.10. The minimum Gasteiger partial charge on any atom is -0.469 e. The van der Waals surface area contributed by atoms with Gasteiger partial charge in [0.25, 0.3) is 0 Å². The Balaban J connectivity index is 1.71. The monoisotopic (exact) mass is 357 g/mol. The average Bonchev–Trinajstić information content (AvgIpc) is 3.01. The number of aromatic nitrogens is 2. The van der Waals surface area contributed by atoms with Gasteiger partial charge in [-0.3, -0.25) is 4.79 Å². The zero-order valence-electron chi connectivity index (χ0n) is 15.7. The van der Waals surface area contributed by atoms with E-state index in [-0.39, 0.29) is 11.9 Å². The largest absolute Gasteiger partial charge is 0.469 e. The normalized spacial score (nSPS) is 16.1. The summed E-state index contributed by atoms with van der Waals surface area (Å²) in [6.45, 7) is 4.98. The van der Waals surface area contributed by atoms with Gasteiger partial charge in [0, 0.05) is 26.7 Å². The maximum atomic E-state index is 11.7. The zero-order valence-corrected chi connectivity index (χ0v) is 15.7. The second-order valence-corrected chi connectivity index (χ2v) is 6.53. The first-order valence-electron chi connectivity index (χ1n) is 9.15. The third-order valence-corrected chi connectivity index (χ3v) is 4.91. The van der Waals surface area contributed by atoms with Gasteiger partial charge in [0.15, 0.2) is 5.96 Å². The number of aliphatic imine (C=N–C) groups is 1. The van der Waals surface area contributed by atoms with E-state index >= 15 is 0 Å². The SMILES string of the molecule is CCNC(=NCc1nc2ccccc2n1C)N1CCC(C(=O)OC)CC1. The molecular formula is C19H27N5O2. The van der Waals surface area contributed by atoms with Crippen molar-refractivity contribution in [3.63, 3.8) is 0 Å². The number of benzene rings is 1. The molecule has 0 saturated carbocycles. The summed E-state index contributed by atoms with van der Waals surface area (Å²) in [7, 11) is 3.48. The second-order valence-electron chi connectivity index (χ2n) is 6.53. The number of nitrogens with one attached hydrogen (secondary N) is 1. The maximum absolute atomic E-state index is 11.7. The number of esters is 1. The minimum atomic E-state index is -0.105. The molecule has 26 heavy (non-hydrogen) atoms. The van der Waals surface area contributed by atoms with E-state index in [1.54, 1.807) is 0 Å². The van der Waals surface area contributed by atoms with Gasteiger partial charge >= 0.3 is 5.97 Å². The molecule has 1 aromatic carbocycles. The molecule has 1 N–H and O–H groups in total. The van der Waals surface area contributed by atoms with Gasteiger partial charge < -0.3 is 19.5 Å². The van der Waals surface area contributed by atoms with Crippen LogP contribution in [0.2, 0.25) is 0 Å². The lowest BCUT2D eigenvalue weighted by Gasteiger charge is -2.33. The van der Waals surface area contributed by atoms with E-state index < -0.39 is 0 Å². The van der Waals surface area contributed by atoms with Crippen molar-refractivity contribution in [1.82, 2.24) is 19.8 Å². The Morgan fingerprint density at radius 1 is 1.35 bits per heavy atom. The number of rotatable bonds is 4. The van der Waals surface area contributed by atoms with E-state index in [0.717, 1.165) is 55.3 Å². The summed E-state index contributed by atoms with van der Waals surface area (Å²) in [5.74, 6) is 1.71. The smallest absolute Gasteiger partial charge is 0.308 e. The third kappa shape index (κ3) is 3.81. The molecule has 0 radical (unpaired) electrons. The van der Waals surface area contributed by atoms with E-state index in [2.05, 4.69) is 32.8 Å². The number of carbonyl (C=O) groups excluding carboxylic acids is 1. The predicted molar refractivity (Wildman–Crippen MR) is 102 cm³/mol. The highest BCUT2D eigenvalue weighted by molar-refractivity contribution is 5.81. The first kappa shape index (κ1) is 18.2. The van der Waals surface area contributed by atoms with Crippen LogP contribution in [-0.2, 0) is 23.1 Å². The minimum absolute atomic E-state index is 0.000957. The van der Waals surface area contributed by atoms with E-state index in [0.29, 0.717) is 6.54 Å². The molecule has 7 nitrogen and oxygen atoms in total. The van der Waals surface area contributed by atoms with Crippen LogP contribution in [0.25, 0.3) is 11.0 Å². The Labute approximate surface area is 154 Å². The van der Waals surface area contributed by atoms with Crippen molar-refractivity contribution >= 4 is 23.0 Å². The maximum Gasteiger partial charge on any atom is 0.308 e. The Hall–Kier alpha value is -2.57. The standard InChI is InChI=1S/C19H27N5O2/c1-4-20-19(24-11-9-14(10-12-24)18(25)26-3)21-13-17-22-15-7-5-6-8-16(15)23(17)2/h5-8,14H,4,9-13H2,1-3H3,(H,20,21). The van der Waals surface area contributed by atoms with Crippen molar-refractivity contribution < 1.29 is 9.53 Å². The summed E-state index contributed by atoms with van der Waals surface area (Å²) in [6, 6.07) is 8.11. The van der Waals surface area contributed by atoms with Crippen molar-refractivity contribution in [2.45, 2.75) is 26.3 Å². The Morgan fingerprint density at radius 3 is 2.73 bits per heavy atom. The fraction of sp³-hybridized carbons (Fsp3) is 0.526. The van der Waals surface area contributed by atoms with Gasteiger partial charge in [-0.1, -0.05) is 12.1 Å². The molecule has 140 valence electrons. The highest BCUT2D eigenvalue weighted by Gasteiger charge is 2.27. The molecule has 0 bridgehead atoms. The van der Waals surface area contributed by atoms with Crippen LogP contribution in [-0.4, -0.2) is 53.1 Å². The molecule has 1 aliphatic heterocycles. The van der Waals surface area contributed by atoms with Gasteiger partial charge in [-0.05, 0) is 31.9 Å². The Bertz CT molecular complexity index is 790. The molecule has 0 atom stereocenters. The van der Waals surface area contributed by atoms with Crippen molar-refractivity contribution in [3.8, 4) is 0 Å². The van der Waals surface area contributed by atoms with Crippen LogP contribution < -0.4 is 5.32 Å². The Morgan fingerprint density at radius 2 is 2.08 bits per heavy atom. The number of ether oxygens (including phenoxy) is 1.